The summed E-state index contributed by atoms with van der Waals surface area (Å²) in [5.41, 5.74) is 0.793. The molecule has 1 aromatic carbocycles. The molecule has 1 unspecified atom stereocenters. The number of hydrogen-bond acceptors (Lipinski definition) is 3. The van der Waals surface area contributed by atoms with Crippen LogP contribution in [0.5, 0.6) is 0 Å². The topological polar surface area (TPSA) is 49.3 Å². The molecule has 0 bridgehead atoms. The Morgan fingerprint density at radius 1 is 1.32 bits per heavy atom. The third kappa shape index (κ3) is 3.41. The lowest BCUT2D eigenvalue weighted by atomic mass is 10.2. The Kier molecular flexibility index (Phi) is 4.34. The minimum Gasteiger partial charge on any atom is -0.478 e. The van der Waals surface area contributed by atoms with Crippen LogP contribution in [0.1, 0.15) is 28.2 Å². The third-order valence-corrected chi connectivity index (χ3v) is 4.34. The lowest BCUT2D eigenvalue weighted by molar-refractivity contribution is 0.0697. The molecule has 0 spiro atoms. The standard InChI is InChI=1S/C13H11Cl2NO2S/c1-7(11-4-5-12(15)19-11)16-8-2-3-10(14)9(6-8)13(17)18/h2-7,16H,1H3,(H,17,18). The maximum Gasteiger partial charge on any atom is 0.337 e. The van der Waals surface area contributed by atoms with E-state index in [0.29, 0.717) is 5.69 Å². The number of halogens is 2. The lowest BCUT2D eigenvalue weighted by Crippen LogP contribution is -2.06. The van der Waals surface area contributed by atoms with E-state index in [0.717, 1.165) is 9.21 Å². The molecule has 0 aliphatic carbocycles. The van der Waals surface area contributed by atoms with Crippen LogP contribution in [0.3, 0.4) is 0 Å². The maximum atomic E-state index is 11.0. The summed E-state index contributed by atoms with van der Waals surface area (Å²) in [4.78, 5) is 12.1. The van der Waals surface area contributed by atoms with E-state index in [2.05, 4.69) is 5.32 Å². The van der Waals surface area contributed by atoms with E-state index in [-0.39, 0.29) is 16.6 Å². The second-order valence-corrected chi connectivity index (χ2v) is 6.16. The highest BCUT2D eigenvalue weighted by Gasteiger charge is 2.12. The first-order valence-electron chi connectivity index (χ1n) is 5.52. The molecular formula is C13H11Cl2NO2S. The van der Waals surface area contributed by atoms with Gasteiger partial charge in [-0.2, -0.15) is 0 Å². The van der Waals surface area contributed by atoms with E-state index in [9.17, 15) is 4.79 Å². The third-order valence-electron chi connectivity index (χ3n) is 2.60. The Bertz CT molecular complexity index is 612. The second kappa shape index (κ2) is 5.82. The zero-order valence-corrected chi connectivity index (χ0v) is 12.3. The molecule has 0 radical (unpaired) electrons. The maximum absolute atomic E-state index is 11.0. The molecular weight excluding hydrogens is 305 g/mol. The summed E-state index contributed by atoms with van der Waals surface area (Å²) in [6, 6.07) is 8.67. The van der Waals surface area contributed by atoms with Crippen molar-refractivity contribution in [2.75, 3.05) is 5.32 Å². The van der Waals surface area contributed by atoms with Gasteiger partial charge in [-0.3, -0.25) is 0 Å². The highest BCUT2D eigenvalue weighted by atomic mass is 35.5. The van der Waals surface area contributed by atoms with Crippen molar-refractivity contribution in [2.24, 2.45) is 0 Å². The molecule has 0 amide bonds. The molecule has 0 aliphatic heterocycles. The minimum absolute atomic E-state index is 0.0420. The molecule has 1 atom stereocenters. The van der Waals surface area contributed by atoms with Gasteiger partial charge in [0, 0.05) is 10.6 Å². The molecule has 19 heavy (non-hydrogen) atoms. The van der Waals surface area contributed by atoms with Crippen molar-refractivity contribution in [2.45, 2.75) is 13.0 Å². The van der Waals surface area contributed by atoms with Crippen molar-refractivity contribution in [3.63, 3.8) is 0 Å². The molecule has 6 heteroatoms. The number of rotatable bonds is 4. The number of anilines is 1. The summed E-state index contributed by atoms with van der Waals surface area (Å²) in [7, 11) is 0. The molecule has 100 valence electrons. The van der Waals surface area contributed by atoms with Crippen molar-refractivity contribution in [3.05, 3.63) is 50.1 Å². The van der Waals surface area contributed by atoms with Gasteiger partial charge < -0.3 is 10.4 Å². The fourth-order valence-corrected chi connectivity index (χ4v) is 2.92. The Labute approximate surface area is 124 Å². The average molecular weight is 316 g/mol. The van der Waals surface area contributed by atoms with Gasteiger partial charge in [0.2, 0.25) is 0 Å². The molecule has 0 saturated carbocycles. The molecule has 0 aliphatic rings. The van der Waals surface area contributed by atoms with Gasteiger partial charge in [-0.05, 0) is 37.3 Å². The first-order valence-corrected chi connectivity index (χ1v) is 7.09. The van der Waals surface area contributed by atoms with E-state index < -0.39 is 5.97 Å². The Hall–Kier alpha value is -1.23. The van der Waals surface area contributed by atoms with E-state index in [4.69, 9.17) is 28.3 Å². The number of carbonyl (C=O) groups is 1. The van der Waals surface area contributed by atoms with Crippen LogP contribution in [0.2, 0.25) is 9.36 Å². The van der Waals surface area contributed by atoms with Crippen molar-refractivity contribution < 1.29 is 9.90 Å². The van der Waals surface area contributed by atoms with Crippen LogP contribution in [-0.2, 0) is 0 Å². The Morgan fingerprint density at radius 3 is 2.63 bits per heavy atom. The first kappa shape index (κ1) is 14.2. The van der Waals surface area contributed by atoms with Gasteiger partial charge in [-0.25, -0.2) is 4.79 Å². The molecule has 1 heterocycles. The molecule has 0 fully saturated rings. The van der Waals surface area contributed by atoms with E-state index >= 15 is 0 Å². The zero-order chi connectivity index (χ0) is 14.0. The van der Waals surface area contributed by atoms with Gasteiger partial charge in [-0.1, -0.05) is 23.2 Å². The summed E-state index contributed by atoms with van der Waals surface area (Å²) >= 11 is 13.2. The second-order valence-electron chi connectivity index (χ2n) is 4.01. The summed E-state index contributed by atoms with van der Waals surface area (Å²) in [6.45, 7) is 1.98. The van der Waals surface area contributed by atoms with Crippen molar-refractivity contribution >= 4 is 46.2 Å². The quantitative estimate of drug-likeness (QED) is 0.841. The number of benzene rings is 1. The molecule has 2 N–H and O–H groups in total. The first-order chi connectivity index (χ1) is 8.97. The van der Waals surface area contributed by atoms with Crippen LogP contribution in [-0.4, -0.2) is 11.1 Å². The largest absolute Gasteiger partial charge is 0.478 e. The summed E-state index contributed by atoms with van der Waals surface area (Å²) in [5, 5.41) is 12.5. The molecule has 0 saturated heterocycles. The van der Waals surface area contributed by atoms with Crippen LogP contribution in [0.15, 0.2) is 30.3 Å². The van der Waals surface area contributed by atoms with Crippen molar-refractivity contribution in [1.29, 1.82) is 0 Å². The van der Waals surface area contributed by atoms with Gasteiger partial charge in [0.05, 0.1) is 21.0 Å². The Morgan fingerprint density at radius 2 is 2.05 bits per heavy atom. The highest BCUT2D eigenvalue weighted by Crippen LogP contribution is 2.30. The normalized spacial score (nSPS) is 12.2. The number of aromatic carboxylic acids is 1. The van der Waals surface area contributed by atoms with Crippen LogP contribution >= 0.6 is 34.5 Å². The summed E-state index contributed by atoms with van der Waals surface area (Å²) in [5.74, 6) is -1.04. The number of hydrogen-bond donors (Lipinski definition) is 2. The molecule has 2 aromatic rings. The van der Waals surface area contributed by atoms with E-state index in [1.54, 1.807) is 12.1 Å². The van der Waals surface area contributed by atoms with Crippen LogP contribution < -0.4 is 5.32 Å². The highest BCUT2D eigenvalue weighted by molar-refractivity contribution is 7.16. The molecule has 3 nitrogen and oxygen atoms in total. The van der Waals surface area contributed by atoms with Crippen LogP contribution in [0, 0.1) is 0 Å². The fourth-order valence-electron chi connectivity index (χ4n) is 1.66. The Balaban J connectivity index is 2.19. The number of nitrogens with one attached hydrogen (secondary N) is 1. The van der Waals surface area contributed by atoms with E-state index in [1.165, 1.54) is 17.4 Å². The molecule has 1 aromatic heterocycles. The SMILES string of the molecule is CC(Nc1ccc(Cl)c(C(=O)O)c1)c1ccc(Cl)s1. The predicted octanol–water partition coefficient (Wildman–Crippen LogP) is 4.93. The van der Waals surface area contributed by atoms with E-state index in [1.807, 2.05) is 19.1 Å². The van der Waals surface area contributed by atoms with Crippen LogP contribution in [0.25, 0.3) is 0 Å². The van der Waals surface area contributed by atoms with Crippen LogP contribution in [0.4, 0.5) is 5.69 Å². The van der Waals surface area contributed by atoms with Crippen molar-refractivity contribution in [1.82, 2.24) is 0 Å². The molecule has 2 rings (SSSR count). The fraction of sp³-hybridized carbons (Fsp3) is 0.154. The van der Waals surface area contributed by atoms with Gasteiger partial charge >= 0.3 is 5.97 Å². The monoisotopic (exact) mass is 315 g/mol. The zero-order valence-electron chi connectivity index (χ0n) is 9.98. The number of thiophene rings is 1. The smallest absolute Gasteiger partial charge is 0.337 e. The average Bonchev–Trinajstić information content (AvgIpc) is 2.78. The van der Waals surface area contributed by atoms with Gasteiger partial charge in [0.25, 0.3) is 0 Å². The number of carboxylic acids is 1. The summed E-state index contributed by atoms with van der Waals surface area (Å²) in [6.07, 6.45) is 0. The van der Waals surface area contributed by atoms with Gasteiger partial charge in [0.15, 0.2) is 0 Å². The number of carboxylic acid groups (broad SMARTS) is 1. The minimum atomic E-state index is -1.04. The lowest BCUT2D eigenvalue weighted by Gasteiger charge is -2.14. The predicted molar refractivity (Wildman–Crippen MR) is 79.8 cm³/mol. The summed E-state index contributed by atoms with van der Waals surface area (Å²) < 4.78 is 0.728. The van der Waals surface area contributed by atoms with Gasteiger partial charge in [-0.15, -0.1) is 11.3 Å². The van der Waals surface area contributed by atoms with Crippen molar-refractivity contribution in [3.8, 4) is 0 Å². The van der Waals surface area contributed by atoms with Gasteiger partial charge in [0.1, 0.15) is 0 Å².